The number of nitro groups is 1. The second kappa shape index (κ2) is 4.55. The van der Waals surface area contributed by atoms with Gasteiger partial charge in [-0.2, -0.15) is 4.39 Å². The molecule has 6 heteroatoms. The van der Waals surface area contributed by atoms with Gasteiger partial charge in [0.2, 0.25) is 5.82 Å². The predicted octanol–water partition coefficient (Wildman–Crippen LogP) is 2.19. The van der Waals surface area contributed by atoms with Crippen molar-refractivity contribution in [2.24, 2.45) is 0 Å². The average molecular weight is 233 g/mol. The molecule has 1 atom stereocenters. The first-order valence-corrected chi connectivity index (χ1v) is 4.35. The van der Waals surface area contributed by atoms with Crippen LogP contribution in [0.3, 0.4) is 0 Å². The van der Waals surface area contributed by atoms with Gasteiger partial charge in [0.05, 0.1) is 4.92 Å². The molecule has 1 aromatic rings. The molecule has 2 rings (SSSR count). The van der Waals surface area contributed by atoms with E-state index in [2.05, 4.69) is 5.32 Å². The SMILES string of the molecule is Cl.O=[N+]([O-])c1cc([C@H]2CCN2)ccc1F. The van der Waals surface area contributed by atoms with Gasteiger partial charge >= 0.3 is 5.69 Å². The molecule has 0 radical (unpaired) electrons. The Hall–Kier alpha value is -1.20. The monoisotopic (exact) mass is 232 g/mol. The van der Waals surface area contributed by atoms with Gasteiger partial charge in [-0.05, 0) is 24.6 Å². The molecule has 15 heavy (non-hydrogen) atoms. The summed E-state index contributed by atoms with van der Waals surface area (Å²) in [6.45, 7) is 0.913. The van der Waals surface area contributed by atoms with Gasteiger partial charge in [-0.1, -0.05) is 6.07 Å². The molecule has 1 heterocycles. The summed E-state index contributed by atoms with van der Waals surface area (Å²) in [5.41, 5.74) is 0.334. The summed E-state index contributed by atoms with van der Waals surface area (Å²) in [5.74, 6) is -0.780. The van der Waals surface area contributed by atoms with Crippen molar-refractivity contribution in [2.45, 2.75) is 12.5 Å². The van der Waals surface area contributed by atoms with Gasteiger partial charge < -0.3 is 5.32 Å². The summed E-state index contributed by atoms with van der Waals surface area (Å²) in [6, 6.07) is 4.17. The normalized spacial score (nSPS) is 18.9. The zero-order valence-corrected chi connectivity index (χ0v) is 8.59. The molecule has 1 aliphatic heterocycles. The molecule has 0 aromatic heterocycles. The van der Waals surface area contributed by atoms with Gasteiger partial charge in [-0.25, -0.2) is 0 Å². The zero-order chi connectivity index (χ0) is 10.1. The topological polar surface area (TPSA) is 55.2 Å². The van der Waals surface area contributed by atoms with E-state index in [1.807, 2.05) is 0 Å². The molecular weight excluding hydrogens is 223 g/mol. The van der Waals surface area contributed by atoms with Crippen molar-refractivity contribution < 1.29 is 9.31 Å². The number of halogens is 2. The minimum Gasteiger partial charge on any atom is -0.310 e. The summed E-state index contributed by atoms with van der Waals surface area (Å²) in [4.78, 5) is 9.75. The molecule has 4 nitrogen and oxygen atoms in total. The van der Waals surface area contributed by atoms with Gasteiger partial charge in [0.25, 0.3) is 0 Å². The van der Waals surface area contributed by atoms with Gasteiger partial charge in [0, 0.05) is 12.1 Å². The minimum atomic E-state index is -0.780. The standard InChI is InChI=1S/C9H9FN2O2.ClH/c10-7-2-1-6(8-3-4-11-8)5-9(7)12(13)14;/h1-2,5,8,11H,3-4H2;1H/t8-;/m1./s1. The first-order chi connectivity index (χ1) is 6.68. The minimum absolute atomic E-state index is 0. The maximum atomic E-state index is 12.9. The van der Waals surface area contributed by atoms with Crippen LogP contribution in [0, 0.1) is 15.9 Å². The Balaban J connectivity index is 0.00000112. The van der Waals surface area contributed by atoms with Crippen LogP contribution in [0.2, 0.25) is 0 Å². The smallest absolute Gasteiger partial charge is 0.305 e. The number of benzene rings is 1. The summed E-state index contributed by atoms with van der Waals surface area (Å²) >= 11 is 0. The quantitative estimate of drug-likeness (QED) is 0.628. The zero-order valence-electron chi connectivity index (χ0n) is 7.77. The van der Waals surface area contributed by atoms with E-state index < -0.39 is 16.4 Å². The van der Waals surface area contributed by atoms with E-state index in [4.69, 9.17) is 0 Å². The third-order valence-corrected chi connectivity index (χ3v) is 2.39. The molecule has 0 amide bonds. The first-order valence-electron chi connectivity index (χ1n) is 4.35. The average Bonchev–Trinajstić information content (AvgIpc) is 2.04. The van der Waals surface area contributed by atoms with Crippen molar-refractivity contribution in [3.8, 4) is 0 Å². The molecule has 1 N–H and O–H groups in total. The molecule has 0 saturated carbocycles. The highest BCUT2D eigenvalue weighted by atomic mass is 35.5. The van der Waals surface area contributed by atoms with E-state index in [9.17, 15) is 14.5 Å². The van der Waals surface area contributed by atoms with Crippen molar-refractivity contribution in [2.75, 3.05) is 6.54 Å². The lowest BCUT2D eigenvalue weighted by Crippen LogP contribution is -2.34. The van der Waals surface area contributed by atoms with Crippen LogP contribution in [0.4, 0.5) is 10.1 Å². The fraction of sp³-hybridized carbons (Fsp3) is 0.333. The molecule has 0 aliphatic carbocycles. The van der Waals surface area contributed by atoms with Gasteiger partial charge in [-0.3, -0.25) is 10.1 Å². The Bertz CT molecular complexity index is 382. The van der Waals surface area contributed by atoms with Crippen LogP contribution < -0.4 is 5.32 Å². The maximum absolute atomic E-state index is 12.9. The van der Waals surface area contributed by atoms with E-state index >= 15 is 0 Å². The lowest BCUT2D eigenvalue weighted by molar-refractivity contribution is -0.387. The molecule has 1 saturated heterocycles. The second-order valence-electron chi connectivity index (χ2n) is 3.26. The fourth-order valence-corrected chi connectivity index (χ4v) is 1.46. The van der Waals surface area contributed by atoms with Crippen LogP contribution in [-0.4, -0.2) is 11.5 Å². The summed E-state index contributed by atoms with van der Waals surface area (Å²) in [6.07, 6.45) is 0.947. The third-order valence-electron chi connectivity index (χ3n) is 2.39. The summed E-state index contributed by atoms with van der Waals surface area (Å²) in [7, 11) is 0. The molecule has 82 valence electrons. The lowest BCUT2D eigenvalue weighted by atomic mass is 9.97. The number of rotatable bonds is 2. The summed E-state index contributed by atoms with van der Waals surface area (Å²) in [5, 5.41) is 13.6. The molecular formula is C9H10ClFN2O2. The molecule has 1 fully saturated rings. The van der Waals surface area contributed by atoms with E-state index in [1.54, 1.807) is 6.07 Å². The van der Waals surface area contributed by atoms with Gasteiger partial charge in [0.1, 0.15) is 0 Å². The van der Waals surface area contributed by atoms with Crippen LogP contribution in [0.25, 0.3) is 0 Å². The number of nitro benzene ring substituents is 1. The Labute approximate surface area is 92.0 Å². The Kier molecular flexibility index (Phi) is 3.60. The van der Waals surface area contributed by atoms with Crippen LogP contribution in [-0.2, 0) is 0 Å². The van der Waals surface area contributed by atoms with E-state index in [-0.39, 0.29) is 18.4 Å². The highest BCUT2D eigenvalue weighted by Gasteiger charge is 2.22. The van der Waals surface area contributed by atoms with E-state index in [1.165, 1.54) is 6.07 Å². The van der Waals surface area contributed by atoms with Crippen LogP contribution in [0.5, 0.6) is 0 Å². The Morgan fingerprint density at radius 3 is 2.67 bits per heavy atom. The molecule has 0 spiro atoms. The van der Waals surface area contributed by atoms with E-state index in [0.29, 0.717) is 0 Å². The fourth-order valence-electron chi connectivity index (χ4n) is 1.46. The first kappa shape index (κ1) is 11.9. The molecule has 1 aromatic carbocycles. The van der Waals surface area contributed by atoms with Crippen LogP contribution in [0.15, 0.2) is 18.2 Å². The van der Waals surface area contributed by atoms with Crippen molar-refractivity contribution in [1.82, 2.24) is 5.32 Å². The highest BCUT2D eigenvalue weighted by Crippen LogP contribution is 2.27. The number of hydrogen-bond acceptors (Lipinski definition) is 3. The molecule has 1 aliphatic rings. The number of nitrogens with one attached hydrogen (secondary N) is 1. The Morgan fingerprint density at radius 2 is 2.20 bits per heavy atom. The molecule has 0 unspecified atom stereocenters. The van der Waals surface area contributed by atoms with Crippen molar-refractivity contribution in [3.05, 3.63) is 39.7 Å². The predicted molar refractivity (Wildman–Crippen MR) is 55.7 cm³/mol. The highest BCUT2D eigenvalue weighted by molar-refractivity contribution is 5.85. The van der Waals surface area contributed by atoms with E-state index in [0.717, 1.165) is 24.6 Å². The summed E-state index contributed by atoms with van der Waals surface area (Å²) < 4.78 is 12.9. The van der Waals surface area contributed by atoms with Crippen LogP contribution >= 0.6 is 12.4 Å². The maximum Gasteiger partial charge on any atom is 0.305 e. The van der Waals surface area contributed by atoms with Gasteiger partial charge in [-0.15, -0.1) is 12.4 Å². The molecule has 0 bridgehead atoms. The largest absolute Gasteiger partial charge is 0.310 e. The van der Waals surface area contributed by atoms with Crippen molar-refractivity contribution in [3.63, 3.8) is 0 Å². The second-order valence-corrected chi connectivity index (χ2v) is 3.26. The van der Waals surface area contributed by atoms with Crippen LogP contribution in [0.1, 0.15) is 18.0 Å². The number of nitrogens with zero attached hydrogens (tertiary/aromatic N) is 1. The van der Waals surface area contributed by atoms with Gasteiger partial charge in [0.15, 0.2) is 0 Å². The Morgan fingerprint density at radius 1 is 1.53 bits per heavy atom. The number of hydrogen-bond donors (Lipinski definition) is 1. The third kappa shape index (κ3) is 2.24. The van der Waals surface area contributed by atoms with Crippen molar-refractivity contribution in [1.29, 1.82) is 0 Å². The van der Waals surface area contributed by atoms with Crippen molar-refractivity contribution >= 4 is 18.1 Å². The lowest BCUT2D eigenvalue weighted by Gasteiger charge is -2.27.